The number of rotatable bonds is 8. The summed E-state index contributed by atoms with van der Waals surface area (Å²) in [6.45, 7) is -1.24. The molecule has 0 fully saturated rings. The molecule has 0 spiro atoms. The van der Waals surface area contributed by atoms with Gasteiger partial charge in [-0.05, 0) is 6.07 Å². The third-order valence-corrected chi connectivity index (χ3v) is 3.28. The molecule has 22 heavy (non-hydrogen) atoms. The van der Waals surface area contributed by atoms with Gasteiger partial charge in [0.15, 0.2) is 0 Å². The van der Waals surface area contributed by atoms with Gasteiger partial charge in [-0.25, -0.2) is 0 Å². The van der Waals surface area contributed by atoms with Crippen LogP contribution >= 0.6 is 11.6 Å². The summed E-state index contributed by atoms with van der Waals surface area (Å²) in [5.41, 5.74) is 5.25. The zero-order valence-electron chi connectivity index (χ0n) is 11.6. The lowest BCUT2D eigenvalue weighted by Gasteiger charge is -2.16. The molecule has 10 heteroatoms. The SMILES string of the molecule is Nc1c(Cl)cc(NCC(O)CO)c([N+](=O)[O-])c1CC(O)CO. The molecule has 2 unspecified atom stereocenters. The van der Waals surface area contributed by atoms with Gasteiger partial charge < -0.3 is 31.5 Å². The highest BCUT2D eigenvalue weighted by Gasteiger charge is 2.26. The monoisotopic (exact) mass is 335 g/mol. The van der Waals surface area contributed by atoms with Crippen molar-refractivity contribution >= 4 is 28.7 Å². The zero-order valence-corrected chi connectivity index (χ0v) is 12.3. The van der Waals surface area contributed by atoms with E-state index in [0.29, 0.717) is 0 Å². The van der Waals surface area contributed by atoms with Crippen molar-refractivity contribution in [1.82, 2.24) is 0 Å². The minimum Gasteiger partial charge on any atom is -0.397 e. The molecule has 0 aliphatic heterocycles. The van der Waals surface area contributed by atoms with Gasteiger partial charge in [0.1, 0.15) is 5.69 Å². The lowest BCUT2D eigenvalue weighted by atomic mass is 10.0. The quantitative estimate of drug-likeness (QED) is 0.210. The first-order valence-corrected chi connectivity index (χ1v) is 6.76. The van der Waals surface area contributed by atoms with Crippen LogP contribution in [0.5, 0.6) is 0 Å². The molecule has 7 N–H and O–H groups in total. The van der Waals surface area contributed by atoms with Gasteiger partial charge in [-0.15, -0.1) is 0 Å². The van der Waals surface area contributed by atoms with Crippen LogP contribution < -0.4 is 11.1 Å². The Bertz CT molecular complexity index is 542. The molecule has 0 amide bonds. The van der Waals surface area contributed by atoms with Crippen LogP contribution in [0, 0.1) is 10.1 Å². The van der Waals surface area contributed by atoms with Crippen molar-refractivity contribution in [3.8, 4) is 0 Å². The van der Waals surface area contributed by atoms with Crippen LogP contribution in [0.15, 0.2) is 6.07 Å². The summed E-state index contributed by atoms with van der Waals surface area (Å²) in [7, 11) is 0. The molecule has 0 aromatic heterocycles. The van der Waals surface area contributed by atoms with E-state index < -0.39 is 36.0 Å². The number of nitrogens with two attached hydrogens (primary N) is 1. The molecule has 0 saturated carbocycles. The van der Waals surface area contributed by atoms with E-state index in [1.54, 1.807) is 0 Å². The molecule has 124 valence electrons. The highest BCUT2D eigenvalue weighted by Crippen LogP contribution is 2.38. The number of nitro benzene ring substituents is 1. The molecule has 0 saturated heterocycles. The van der Waals surface area contributed by atoms with Crippen molar-refractivity contribution in [2.75, 3.05) is 30.8 Å². The Kier molecular flexibility index (Phi) is 6.78. The van der Waals surface area contributed by atoms with Crippen LogP contribution in [-0.4, -0.2) is 57.3 Å². The first kappa shape index (κ1) is 18.4. The van der Waals surface area contributed by atoms with Crippen LogP contribution in [-0.2, 0) is 6.42 Å². The summed E-state index contributed by atoms with van der Waals surface area (Å²) in [5.74, 6) is 0. The highest BCUT2D eigenvalue weighted by atomic mass is 35.5. The van der Waals surface area contributed by atoms with Gasteiger partial charge in [0.25, 0.3) is 5.69 Å². The molecular formula is C12H18ClN3O6. The average molecular weight is 336 g/mol. The smallest absolute Gasteiger partial charge is 0.297 e. The first-order chi connectivity index (χ1) is 10.3. The maximum absolute atomic E-state index is 11.3. The van der Waals surface area contributed by atoms with Crippen LogP contribution in [0.25, 0.3) is 0 Å². The van der Waals surface area contributed by atoms with E-state index in [0.717, 1.165) is 0 Å². The minimum absolute atomic E-state index is 0.00293. The standard InChI is InChI=1S/C12H18ClN3O6/c13-9-2-10(15-3-7(20)5-18)12(16(21)22)8(11(9)14)1-6(19)4-17/h2,6-7,15,17-20H,1,3-5,14H2. The van der Waals surface area contributed by atoms with E-state index in [2.05, 4.69) is 5.32 Å². The number of hydrogen-bond acceptors (Lipinski definition) is 8. The number of nitro groups is 1. The van der Waals surface area contributed by atoms with Crippen molar-refractivity contribution in [3.05, 3.63) is 26.8 Å². The number of anilines is 2. The fraction of sp³-hybridized carbons (Fsp3) is 0.500. The van der Waals surface area contributed by atoms with Gasteiger partial charge in [0.05, 0.1) is 46.6 Å². The third-order valence-electron chi connectivity index (χ3n) is 2.97. The summed E-state index contributed by atoms with van der Waals surface area (Å²) >= 11 is 5.93. The fourth-order valence-electron chi connectivity index (χ4n) is 1.85. The summed E-state index contributed by atoms with van der Waals surface area (Å²) in [6, 6.07) is 1.23. The minimum atomic E-state index is -1.23. The fourth-order valence-corrected chi connectivity index (χ4v) is 2.07. The normalized spacial score (nSPS) is 13.7. The van der Waals surface area contributed by atoms with Gasteiger partial charge in [0.2, 0.25) is 0 Å². The molecule has 0 heterocycles. The van der Waals surface area contributed by atoms with E-state index >= 15 is 0 Å². The van der Waals surface area contributed by atoms with E-state index in [4.69, 9.17) is 27.5 Å². The van der Waals surface area contributed by atoms with Crippen LogP contribution in [0.2, 0.25) is 5.02 Å². The lowest BCUT2D eigenvalue weighted by molar-refractivity contribution is -0.384. The molecule has 1 rings (SSSR count). The van der Waals surface area contributed by atoms with Gasteiger partial charge in [-0.2, -0.15) is 0 Å². The molecule has 0 aliphatic carbocycles. The number of benzene rings is 1. The topological polar surface area (TPSA) is 162 Å². The number of nitrogens with zero attached hydrogens (tertiary/aromatic N) is 1. The van der Waals surface area contributed by atoms with Crippen LogP contribution in [0.4, 0.5) is 17.1 Å². The second kappa shape index (κ2) is 8.11. The predicted octanol–water partition coefficient (Wildman–Crippen LogP) is -0.509. The number of aliphatic hydroxyl groups is 4. The summed E-state index contributed by atoms with van der Waals surface area (Å²) < 4.78 is 0. The van der Waals surface area contributed by atoms with Crippen molar-refractivity contribution in [2.24, 2.45) is 0 Å². The Labute approximate surface area is 131 Å². The van der Waals surface area contributed by atoms with Crippen LogP contribution in [0.3, 0.4) is 0 Å². The number of halogens is 1. The Morgan fingerprint density at radius 1 is 1.32 bits per heavy atom. The van der Waals surface area contributed by atoms with Crippen molar-refractivity contribution in [3.63, 3.8) is 0 Å². The number of nitrogen functional groups attached to an aromatic ring is 1. The predicted molar refractivity (Wildman–Crippen MR) is 80.9 cm³/mol. The Hall–Kier alpha value is -1.65. The lowest BCUT2D eigenvalue weighted by Crippen LogP contribution is -2.24. The number of hydrogen-bond donors (Lipinski definition) is 6. The largest absolute Gasteiger partial charge is 0.397 e. The maximum atomic E-state index is 11.3. The molecule has 9 nitrogen and oxygen atoms in total. The molecule has 1 aromatic carbocycles. The second-order valence-electron chi connectivity index (χ2n) is 4.66. The first-order valence-electron chi connectivity index (χ1n) is 6.38. The van der Waals surface area contributed by atoms with Gasteiger partial charge in [-0.3, -0.25) is 10.1 Å². The summed E-state index contributed by atoms with van der Waals surface area (Å²) in [5, 5.41) is 50.4. The molecule has 1 aromatic rings. The Morgan fingerprint density at radius 3 is 2.41 bits per heavy atom. The zero-order chi connectivity index (χ0) is 16.9. The van der Waals surface area contributed by atoms with Crippen molar-refractivity contribution in [1.29, 1.82) is 0 Å². The molecule has 2 atom stereocenters. The van der Waals surface area contributed by atoms with Crippen molar-refractivity contribution in [2.45, 2.75) is 18.6 Å². The number of nitrogens with one attached hydrogen (secondary N) is 1. The molecule has 0 radical (unpaired) electrons. The second-order valence-corrected chi connectivity index (χ2v) is 5.07. The van der Waals surface area contributed by atoms with Crippen LogP contribution in [0.1, 0.15) is 5.56 Å². The van der Waals surface area contributed by atoms with E-state index in [-0.39, 0.29) is 34.9 Å². The highest BCUT2D eigenvalue weighted by molar-refractivity contribution is 6.33. The maximum Gasteiger partial charge on any atom is 0.297 e. The molecular weight excluding hydrogens is 318 g/mol. The van der Waals surface area contributed by atoms with Gasteiger partial charge in [-0.1, -0.05) is 11.6 Å². The number of aliphatic hydroxyl groups excluding tert-OH is 4. The third kappa shape index (κ3) is 4.42. The summed E-state index contributed by atoms with van der Waals surface area (Å²) in [6.07, 6.45) is -2.59. The molecule has 0 bridgehead atoms. The van der Waals surface area contributed by atoms with Gasteiger partial charge in [0, 0.05) is 13.0 Å². The Morgan fingerprint density at radius 2 is 1.91 bits per heavy atom. The summed E-state index contributed by atoms with van der Waals surface area (Å²) in [4.78, 5) is 10.6. The Balaban J connectivity index is 3.28. The van der Waals surface area contributed by atoms with E-state index in [1.165, 1.54) is 6.07 Å². The molecule has 0 aliphatic rings. The van der Waals surface area contributed by atoms with E-state index in [1.807, 2.05) is 0 Å². The van der Waals surface area contributed by atoms with Crippen molar-refractivity contribution < 1.29 is 25.3 Å². The van der Waals surface area contributed by atoms with Gasteiger partial charge >= 0.3 is 0 Å². The van der Waals surface area contributed by atoms with E-state index in [9.17, 15) is 20.3 Å². The average Bonchev–Trinajstić information content (AvgIpc) is 2.48.